The first-order chi connectivity index (χ1) is 6.48. The quantitative estimate of drug-likeness (QED) is 0.524. The minimum atomic E-state index is 0. The second kappa shape index (κ2) is 4.57. The lowest BCUT2D eigenvalue weighted by Crippen LogP contribution is -3.00. The van der Waals surface area contributed by atoms with E-state index in [1.54, 1.807) is 11.3 Å². The van der Waals surface area contributed by atoms with Gasteiger partial charge in [-0.25, -0.2) is 0 Å². The molecule has 4 heteroatoms. The Balaban J connectivity index is 0.00000112. The molecule has 15 heavy (non-hydrogen) atoms. The van der Waals surface area contributed by atoms with Crippen LogP contribution in [0.2, 0.25) is 5.02 Å². The van der Waals surface area contributed by atoms with Crippen molar-refractivity contribution < 1.29 is 24.0 Å². The molecule has 1 aromatic heterocycles. The van der Waals surface area contributed by atoms with Crippen LogP contribution in [0, 0.1) is 0 Å². The number of rotatable bonds is 1. The largest absolute Gasteiger partial charge is 1.00 e. The van der Waals surface area contributed by atoms with Crippen molar-refractivity contribution in [1.29, 1.82) is 0 Å². The van der Waals surface area contributed by atoms with Crippen LogP contribution in [0.4, 0.5) is 5.69 Å². The lowest BCUT2D eigenvalue weighted by molar-refractivity contribution is -0.00000290. The summed E-state index contributed by atoms with van der Waals surface area (Å²) in [5.41, 5.74) is 1.33. The van der Waals surface area contributed by atoms with Gasteiger partial charge >= 0.3 is 0 Å². The topological polar surface area (TPSA) is 0 Å². The van der Waals surface area contributed by atoms with Crippen LogP contribution in [-0.2, 0) is 0 Å². The molecule has 0 unspecified atom stereocenters. The molecule has 0 atom stereocenters. The van der Waals surface area contributed by atoms with Crippen LogP contribution in [0.3, 0.4) is 0 Å². The van der Waals surface area contributed by atoms with Gasteiger partial charge in [-0.05, 0) is 18.2 Å². The smallest absolute Gasteiger partial charge is 0.151 e. The van der Waals surface area contributed by atoms with E-state index in [1.165, 1.54) is 15.8 Å². The van der Waals surface area contributed by atoms with Gasteiger partial charge in [-0.2, -0.15) is 0 Å². The highest BCUT2D eigenvalue weighted by molar-refractivity contribution is 7.17. The molecule has 0 aliphatic rings. The Morgan fingerprint density at radius 1 is 1.20 bits per heavy atom. The normalized spacial score (nSPS) is 11.5. The van der Waals surface area contributed by atoms with Gasteiger partial charge in [0, 0.05) is 9.72 Å². The molecular weight excluding hydrogens is 341 g/mol. The molecule has 0 bridgehead atoms. The number of quaternary nitrogens is 1. The summed E-state index contributed by atoms with van der Waals surface area (Å²) in [6.07, 6.45) is 0. The van der Waals surface area contributed by atoms with Crippen molar-refractivity contribution >= 4 is 38.7 Å². The molecule has 1 aromatic carbocycles. The molecule has 0 radical (unpaired) electrons. The molecule has 0 saturated carbocycles. The van der Waals surface area contributed by atoms with Gasteiger partial charge in [-0.3, -0.25) is 4.48 Å². The fourth-order valence-electron chi connectivity index (χ4n) is 1.51. The maximum atomic E-state index is 6.00. The molecule has 2 aromatic rings. The Hall–Kier alpha value is 0.160. The first kappa shape index (κ1) is 13.2. The fraction of sp³-hybridized carbons (Fsp3) is 0.273. The molecule has 1 heterocycles. The van der Waals surface area contributed by atoms with Gasteiger partial charge in [0.2, 0.25) is 0 Å². The van der Waals surface area contributed by atoms with E-state index >= 15 is 0 Å². The van der Waals surface area contributed by atoms with Crippen LogP contribution in [0.15, 0.2) is 23.6 Å². The van der Waals surface area contributed by atoms with Crippen molar-refractivity contribution in [3.8, 4) is 0 Å². The van der Waals surface area contributed by atoms with E-state index in [2.05, 4.69) is 32.6 Å². The third-order valence-electron chi connectivity index (χ3n) is 2.24. The predicted molar refractivity (Wildman–Crippen MR) is 66.4 cm³/mol. The zero-order valence-electron chi connectivity index (χ0n) is 8.92. The van der Waals surface area contributed by atoms with Crippen molar-refractivity contribution in [2.75, 3.05) is 21.1 Å². The summed E-state index contributed by atoms with van der Waals surface area (Å²) in [4.78, 5) is 0. The number of halogens is 2. The second-order valence-electron chi connectivity index (χ2n) is 4.27. The Bertz CT molecular complexity index is 473. The average Bonchev–Trinajstić information content (AvgIpc) is 2.45. The standard InChI is InChI=1S/C11H13ClNS.HI/c1-13(2,3)10-7-14-11-5-4-8(12)6-9(10)11;/h4-7H,1-3H3;1H/q+1;/p-1. The van der Waals surface area contributed by atoms with Gasteiger partial charge in [0.05, 0.1) is 31.9 Å². The highest BCUT2D eigenvalue weighted by Gasteiger charge is 2.17. The first-order valence-corrected chi connectivity index (χ1v) is 5.73. The Morgan fingerprint density at radius 3 is 2.47 bits per heavy atom. The van der Waals surface area contributed by atoms with E-state index in [1.807, 2.05) is 12.1 Å². The van der Waals surface area contributed by atoms with E-state index in [-0.39, 0.29) is 24.0 Å². The van der Waals surface area contributed by atoms with E-state index < -0.39 is 0 Å². The van der Waals surface area contributed by atoms with E-state index in [9.17, 15) is 0 Å². The summed E-state index contributed by atoms with van der Waals surface area (Å²) in [5.74, 6) is 0. The zero-order chi connectivity index (χ0) is 10.3. The van der Waals surface area contributed by atoms with Gasteiger partial charge < -0.3 is 24.0 Å². The maximum Gasteiger partial charge on any atom is 0.151 e. The molecule has 0 amide bonds. The summed E-state index contributed by atoms with van der Waals surface area (Å²) in [7, 11) is 6.51. The van der Waals surface area contributed by atoms with Gasteiger partial charge in [0.1, 0.15) is 0 Å². The lowest BCUT2D eigenvalue weighted by atomic mass is 10.2. The molecule has 0 fully saturated rings. The average molecular weight is 354 g/mol. The lowest BCUT2D eigenvalue weighted by Gasteiger charge is -2.22. The molecule has 0 saturated heterocycles. The molecule has 0 N–H and O–H groups in total. The number of fused-ring (bicyclic) bond motifs is 1. The molecule has 0 aliphatic heterocycles. The minimum absolute atomic E-state index is 0. The van der Waals surface area contributed by atoms with Crippen molar-refractivity contribution in [1.82, 2.24) is 4.48 Å². The summed E-state index contributed by atoms with van der Waals surface area (Å²) < 4.78 is 2.14. The van der Waals surface area contributed by atoms with Crippen molar-refractivity contribution in [3.05, 3.63) is 28.6 Å². The van der Waals surface area contributed by atoms with Crippen LogP contribution in [0.5, 0.6) is 0 Å². The summed E-state index contributed by atoms with van der Waals surface area (Å²) in [6.45, 7) is 0. The predicted octanol–water partition coefficient (Wildman–Crippen LogP) is 0.755. The van der Waals surface area contributed by atoms with Crippen LogP contribution >= 0.6 is 22.9 Å². The zero-order valence-corrected chi connectivity index (χ0v) is 12.7. The molecule has 82 valence electrons. The Kier molecular flexibility index (Phi) is 4.03. The molecule has 0 spiro atoms. The van der Waals surface area contributed by atoms with Crippen LogP contribution in [0.1, 0.15) is 0 Å². The third-order valence-corrected chi connectivity index (χ3v) is 3.42. The highest BCUT2D eigenvalue weighted by atomic mass is 127. The third kappa shape index (κ3) is 2.64. The van der Waals surface area contributed by atoms with Crippen molar-refractivity contribution in [2.24, 2.45) is 0 Å². The van der Waals surface area contributed by atoms with E-state index in [4.69, 9.17) is 11.6 Å². The summed E-state index contributed by atoms with van der Waals surface area (Å²) in [6, 6.07) is 6.08. The number of hydrogen-bond acceptors (Lipinski definition) is 1. The van der Waals surface area contributed by atoms with Crippen molar-refractivity contribution in [3.63, 3.8) is 0 Å². The fourth-order valence-corrected chi connectivity index (χ4v) is 2.80. The number of thiophene rings is 1. The molecular formula is C11H13ClINS. The second-order valence-corrected chi connectivity index (χ2v) is 5.62. The number of nitrogens with zero attached hydrogens (tertiary/aromatic N) is 1. The molecule has 1 nitrogen and oxygen atoms in total. The SMILES string of the molecule is C[N+](C)(C)c1csc2ccc(Cl)cc12.[I-]. The highest BCUT2D eigenvalue weighted by Crippen LogP contribution is 2.35. The van der Waals surface area contributed by atoms with Gasteiger partial charge in [0.25, 0.3) is 0 Å². The van der Waals surface area contributed by atoms with Crippen molar-refractivity contribution in [2.45, 2.75) is 0 Å². The van der Waals surface area contributed by atoms with Crippen LogP contribution in [0.25, 0.3) is 10.1 Å². The Labute approximate surface area is 116 Å². The maximum absolute atomic E-state index is 6.00. The molecule has 2 rings (SSSR count). The molecule has 0 aliphatic carbocycles. The van der Waals surface area contributed by atoms with Crippen LogP contribution < -0.4 is 28.5 Å². The first-order valence-electron chi connectivity index (χ1n) is 4.47. The Morgan fingerprint density at radius 2 is 1.87 bits per heavy atom. The summed E-state index contributed by atoms with van der Waals surface area (Å²) in [5, 5.41) is 4.29. The number of hydrogen-bond donors (Lipinski definition) is 0. The van der Waals surface area contributed by atoms with Crippen LogP contribution in [-0.4, -0.2) is 21.1 Å². The monoisotopic (exact) mass is 353 g/mol. The summed E-state index contributed by atoms with van der Waals surface area (Å²) >= 11 is 7.77. The van der Waals surface area contributed by atoms with Gasteiger partial charge in [0.15, 0.2) is 5.69 Å². The van der Waals surface area contributed by atoms with Gasteiger partial charge in [-0.1, -0.05) is 11.6 Å². The van der Waals surface area contributed by atoms with E-state index in [0.717, 1.165) is 9.51 Å². The van der Waals surface area contributed by atoms with E-state index in [0.29, 0.717) is 0 Å². The minimum Gasteiger partial charge on any atom is -1.00 e. The van der Waals surface area contributed by atoms with Gasteiger partial charge in [-0.15, -0.1) is 11.3 Å². The number of benzene rings is 1.